The molecule has 0 amide bonds. The number of hydrogen-bond acceptors (Lipinski definition) is 2. The van der Waals surface area contributed by atoms with Crippen molar-refractivity contribution in [1.29, 1.82) is 0 Å². The van der Waals surface area contributed by atoms with E-state index in [9.17, 15) is 5.11 Å². The lowest BCUT2D eigenvalue weighted by atomic mass is 10.1. The highest BCUT2D eigenvalue weighted by molar-refractivity contribution is 4.62. The zero-order chi connectivity index (χ0) is 7.94. The van der Waals surface area contributed by atoms with Crippen molar-refractivity contribution in [3.05, 3.63) is 0 Å². The summed E-state index contributed by atoms with van der Waals surface area (Å²) in [6.45, 7) is 1.87. The Morgan fingerprint density at radius 3 is 2.64 bits per heavy atom. The number of aliphatic hydroxyl groups excluding tert-OH is 1. The molecule has 2 heteroatoms. The van der Waals surface area contributed by atoms with E-state index in [2.05, 4.69) is 5.32 Å². The van der Waals surface area contributed by atoms with E-state index in [1.165, 1.54) is 32.1 Å². The second kappa shape index (κ2) is 5.56. The van der Waals surface area contributed by atoms with Gasteiger partial charge in [-0.1, -0.05) is 25.7 Å². The summed E-state index contributed by atoms with van der Waals surface area (Å²) in [4.78, 5) is 0. The quantitative estimate of drug-likeness (QED) is 0.555. The van der Waals surface area contributed by atoms with Gasteiger partial charge in [0.25, 0.3) is 0 Å². The van der Waals surface area contributed by atoms with Crippen molar-refractivity contribution < 1.29 is 5.11 Å². The average molecular weight is 157 g/mol. The highest BCUT2D eigenvalue weighted by Gasteiger charge is 2.04. The van der Waals surface area contributed by atoms with Crippen LogP contribution in [0.1, 0.15) is 38.5 Å². The lowest BCUT2D eigenvalue weighted by molar-refractivity contribution is 0.156. The number of rotatable bonds is 0. The van der Waals surface area contributed by atoms with E-state index in [1.807, 2.05) is 0 Å². The van der Waals surface area contributed by atoms with Crippen LogP contribution >= 0.6 is 0 Å². The molecule has 1 saturated heterocycles. The van der Waals surface area contributed by atoms with Gasteiger partial charge in [-0.05, 0) is 19.4 Å². The van der Waals surface area contributed by atoms with E-state index in [-0.39, 0.29) is 6.10 Å². The van der Waals surface area contributed by atoms with Gasteiger partial charge < -0.3 is 10.4 Å². The fourth-order valence-corrected chi connectivity index (χ4v) is 1.53. The van der Waals surface area contributed by atoms with E-state index in [4.69, 9.17) is 0 Å². The minimum Gasteiger partial charge on any atom is -0.392 e. The van der Waals surface area contributed by atoms with Crippen molar-refractivity contribution >= 4 is 0 Å². The highest BCUT2D eigenvalue weighted by atomic mass is 16.3. The SMILES string of the molecule is OC1CCCCCCCNC1. The Morgan fingerprint density at radius 1 is 1.00 bits per heavy atom. The number of aliphatic hydroxyl groups is 1. The van der Waals surface area contributed by atoms with E-state index in [1.54, 1.807) is 0 Å². The van der Waals surface area contributed by atoms with Gasteiger partial charge in [-0.15, -0.1) is 0 Å². The van der Waals surface area contributed by atoms with Gasteiger partial charge in [-0.2, -0.15) is 0 Å². The molecule has 66 valence electrons. The largest absolute Gasteiger partial charge is 0.392 e. The summed E-state index contributed by atoms with van der Waals surface area (Å²) in [6.07, 6.45) is 7.34. The molecule has 1 heterocycles. The van der Waals surface area contributed by atoms with Gasteiger partial charge >= 0.3 is 0 Å². The molecule has 0 spiro atoms. The third-order valence-corrected chi connectivity index (χ3v) is 2.27. The maximum atomic E-state index is 9.37. The lowest BCUT2D eigenvalue weighted by Gasteiger charge is -2.13. The van der Waals surface area contributed by atoms with Gasteiger partial charge in [0, 0.05) is 6.54 Å². The van der Waals surface area contributed by atoms with Gasteiger partial charge in [0.2, 0.25) is 0 Å². The summed E-state index contributed by atoms with van der Waals surface area (Å²) in [5, 5.41) is 12.6. The Kier molecular flexibility index (Phi) is 4.55. The van der Waals surface area contributed by atoms with E-state index in [0.717, 1.165) is 19.5 Å². The number of nitrogens with one attached hydrogen (secondary N) is 1. The molecule has 0 aromatic carbocycles. The van der Waals surface area contributed by atoms with Crippen LogP contribution in [0.2, 0.25) is 0 Å². The zero-order valence-corrected chi connectivity index (χ0v) is 7.18. The first kappa shape index (κ1) is 9.01. The molecule has 0 saturated carbocycles. The molecule has 0 aliphatic carbocycles. The second-order valence-corrected chi connectivity index (χ2v) is 3.41. The Morgan fingerprint density at radius 2 is 1.73 bits per heavy atom. The van der Waals surface area contributed by atoms with E-state index >= 15 is 0 Å². The monoisotopic (exact) mass is 157 g/mol. The normalized spacial score (nSPS) is 29.7. The second-order valence-electron chi connectivity index (χ2n) is 3.41. The summed E-state index contributed by atoms with van der Waals surface area (Å²) < 4.78 is 0. The van der Waals surface area contributed by atoms with Crippen molar-refractivity contribution in [1.82, 2.24) is 5.32 Å². The Hall–Kier alpha value is -0.0800. The Bertz CT molecular complexity index is 85.6. The Balaban J connectivity index is 2.12. The predicted octanol–water partition coefficient (Wildman–Crippen LogP) is 1.29. The van der Waals surface area contributed by atoms with Crippen LogP contribution in [0.25, 0.3) is 0 Å². The van der Waals surface area contributed by atoms with Crippen molar-refractivity contribution in [3.63, 3.8) is 0 Å². The van der Waals surface area contributed by atoms with Gasteiger partial charge in [-0.25, -0.2) is 0 Å². The first-order valence-corrected chi connectivity index (χ1v) is 4.78. The van der Waals surface area contributed by atoms with Crippen LogP contribution in [0.15, 0.2) is 0 Å². The molecule has 1 atom stereocenters. The van der Waals surface area contributed by atoms with Gasteiger partial charge in [0.05, 0.1) is 6.10 Å². The fourth-order valence-electron chi connectivity index (χ4n) is 1.53. The molecule has 1 fully saturated rings. The molecule has 0 aromatic rings. The minimum atomic E-state index is -0.104. The van der Waals surface area contributed by atoms with Gasteiger partial charge in [-0.3, -0.25) is 0 Å². The molecule has 1 aliphatic heterocycles. The van der Waals surface area contributed by atoms with Crippen LogP contribution in [0.3, 0.4) is 0 Å². The molecule has 2 nitrogen and oxygen atoms in total. The maximum Gasteiger partial charge on any atom is 0.0664 e. The summed E-state index contributed by atoms with van der Waals surface area (Å²) in [6, 6.07) is 0. The molecule has 2 N–H and O–H groups in total. The van der Waals surface area contributed by atoms with Crippen LogP contribution in [0.5, 0.6) is 0 Å². The fraction of sp³-hybridized carbons (Fsp3) is 1.00. The van der Waals surface area contributed by atoms with Crippen LogP contribution < -0.4 is 5.32 Å². The van der Waals surface area contributed by atoms with Crippen LogP contribution in [-0.4, -0.2) is 24.3 Å². The highest BCUT2D eigenvalue weighted by Crippen LogP contribution is 2.08. The van der Waals surface area contributed by atoms with Crippen molar-refractivity contribution in [2.75, 3.05) is 13.1 Å². The van der Waals surface area contributed by atoms with Crippen LogP contribution in [0, 0.1) is 0 Å². The molecule has 0 radical (unpaired) electrons. The molecule has 1 rings (SSSR count). The third-order valence-electron chi connectivity index (χ3n) is 2.27. The minimum absolute atomic E-state index is 0.104. The summed E-state index contributed by atoms with van der Waals surface area (Å²) >= 11 is 0. The molecular formula is C9H19NO. The molecule has 1 unspecified atom stereocenters. The zero-order valence-electron chi connectivity index (χ0n) is 7.18. The van der Waals surface area contributed by atoms with Gasteiger partial charge in [0.1, 0.15) is 0 Å². The summed E-state index contributed by atoms with van der Waals surface area (Å²) in [5.41, 5.74) is 0. The van der Waals surface area contributed by atoms with Gasteiger partial charge in [0.15, 0.2) is 0 Å². The number of hydrogen-bond donors (Lipinski definition) is 2. The van der Waals surface area contributed by atoms with Crippen molar-refractivity contribution in [2.45, 2.75) is 44.6 Å². The smallest absolute Gasteiger partial charge is 0.0664 e. The molecular weight excluding hydrogens is 138 g/mol. The first-order valence-electron chi connectivity index (χ1n) is 4.78. The van der Waals surface area contributed by atoms with Crippen molar-refractivity contribution in [2.24, 2.45) is 0 Å². The third kappa shape index (κ3) is 4.38. The summed E-state index contributed by atoms with van der Waals surface area (Å²) in [5.74, 6) is 0. The van der Waals surface area contributed by atoms with Crippen molar-refractivity contribution in [3.8, 4) is 0 Å². The molecule has 0 bridgehead atoms. The molecule has 1 aliphatic rings. The molecule has 11 heavy (non-hydrogen) atoms. The van der Waals surface area contributed by atoms with E-state index < -0.39 is 0 Å². The summed E-state index contributed by atoms with van der Waals surface area (Å²) in [7, 11) is 0. The lowest BCUT2D eigenvalue weighted by Crippen LogP contribution is -2.28. The van der Waals surface area contributed by atoms with Crippen LogP contribution in [0.4, 0.5) is 0 Å². The standard InChI is InChI=1S/C9H19NO/c11-9-6-4-2-1-3-5-7-10-8-9/h9-11H,1-8H2. The van der Waals surface area contributed by atoms with Crippen LogP contribution in [-0.2, 0) is 0 Å². The predicted molar refractivity (Wildman–Crippen MR) is 46.6 cm³/mol. The molecule has 0 aromatic heterocycles. The van der Waals surface area contributed by atoms with E-state index in [0.29, 0.717) is 0 Å². The topological polar surface area (TPSA) is 32.3 Å². The first-order chi connectivity index (χ1) is 5.39. The maximum absolute atomic E-state index is 9.37. The average Bonchev–Trinajstić information content (AvgIpc) is 2.03. The Labute approximate surface area is 69.0 Å². The number of β-amino-alcohol motifs (C(OH)–C–C–N with tert-alkyl or cyclic N) is 1.